The molecular weight excluding hydrogens is 250 g/mol. The third-order valence-corrected chi connectivity index (χ3v) is 3.92. The first-order valence-electron chi connectivity index (χ1n) is 6.33. The van der Waals surface area contributed by atoms with Crippen LogP contribution in [0.25, 0.3) is 4.85 Å². The number of benzene rings is 1. The molecule has 98 valence electrons. The molecule has 0 radical (unpaired) electrons. The maximum absolute atomic E-state index is 12.5. The van der Waals surface area contributed by atoms with Gasteiger partial charge in [0.1, 0.15) is 0 Å². The molecule has 2 heterocycles. The lowest BCUT2D eigenvalue weighted by atomic mass is 9.76. The normalized spacial score (nSPS) is 20.1. The Hall–Kier alpha value is -2.67. The number of anilines is 1. The molecule has 3 rings (SSSR count). The molecule has 4 heteroatoms. The molecule has 20 heavy (non-hydrogen) atoms. The van der Waals surface area contributed by atoms with Gasteiger partial charge in [-0.3, -0.25) is 9.78 Å². The maximum Gasteiger partial charge on any atom is 0.239 e. The second kappa shape index (κ2) is 4.17. The zero-order valence-electron chi connectivity index (χ0n) is 11.3. The topological polar surface area (TPSA) is 46.4 Å². The monoisotopic (exact) mass is 263 g/mol. The fourth-order valence-electron chi connectivity index (χ4n) is 2.77. The van der Waals surface area contributed by atoms with Gasteiger partial charge in [-0.1, -0.05) is 12.1 Å². The molecular formula is C16H13N3O. The molecule has 0 bridgehead atoms. The van der Waals surface area contributed by atoms with Crippen molar-refractivity contribution in [2.24, 2.45) is 0 Å². The molecule has 1 aliphatic rings. The first-order chi connectivity index (χ1) is 9.57. The Bertz CT molecular complexity index is 761. The molecule has 0 fully saturated rings. The fourth-order valence-corrected chi connectivity index (χ4v) is 2.77. The van der Waals surface area contributed by atoms with Gasteiger partial charge >= 0.3 is 0 Å². The molecule has 2 aromatic rings. The van der Waals surface area contributed by atoms with E-state index in [-0.39, 0.29) is 5.91 Å². The lowest BCUT2D eigenvalue weighted by molar-refractivity contribution is -0.119. The van der Waals surface area contributed by atoms with E-state index in [9.17, 15) is 4.79 Å². The minimum Gasteiger partial charge on any atom is -0.325 e. The standard InChI is InChI=1S/C16H13N3O/c1-10-12(5-4-8-18-10)16(2)13-9-11(17-3)6-7-14(13)19-15(16)20/h4-9H,1-2H3,(H,19,20). The number of nitrogens with zero attached hydrogens (tertiary/aromatic N) is 2. The minimum atomic E-state index is -0.797. The van der Waals surface area contributed by atoms with Crippen molar-refractivity contribution in [2.45, 2.75) is 19.3 Å². The summed E-state index contributed by atoms with van der Waals surface area (Å²) in [6.07, 6.45) is 1.71. The highest BCUT2D eigenvalue weighted by molar-refractivity contribution is 6.08. The lowest BCUT2D eigenvalue weighted by Crippen LogP contribution is -2.33. The summed E-state index contributed by atoms with van der Waals surface area (Å²) >= 11 is 0. The average Bonchev–Trinajstić information content (AvgIpc) is 2.71. The van der Waals surface area contributed by atoms with Crippen LogP contribution < -0.4 is 5.32 Å². The highest BCUT2D eigenvalue weighted by atomic mass is 16.2. The number of amides is 1. The van der Waals surface area contributed by atoms with E-state index in [2.05, 4.69) is 15.1 Å². The Labute approximate surface area is 117 Å². The SMILES string of the molecule is [C-]#[N+]c1ccc2c(c1)C(C)(c1cccnc1C)C(=O)N2. The van der Waals surface area contributed by atoms with Crippen molar-refractivity contribution >= 4 is 17.3 Å². The number of hydrogen-bond acceptors (Lipinski definition) is 2. The van der Waals surface area contributed by atoms with E-state index in [1.54, 1.807) is 24.4 Å². The van der Waals surface area contributed by atoms with Gasteiger partial charge in [-0.15, -0.1) is 0 Å². The van der Waals surface area contributed by atoms with Crippen molar-refractivity contribution in [1.82, 2.24) is 4.98 Å². The molecule has 1 aliphatic heterocycles. The Morgan fingerprint density at radius 1 is 1.30 bits per heavy atom. The Morgan fingerprint density at radius 3 is 2.80 bits per heavy atom. The highest BCUT2D eigenvalue weighted by Crippen LogP contribution is 2.44. The summed E-state index contributed by atoms with van der Waals surface area (Å²) in [4.78, 5) is 20.2. The van der Waals surface area contributed by atoms with Crippen LogP contribution in [0.4, 0.5) is 11.4 Å². The number of carbonyl (C=O) groups excluding carboxylic acids is 1. The molecule has 4 nitrogen and oxygen atoms in total. The summed E-state index contributed by atoms with van der Waals surface area (Å²) in [5.41, 5.74) is 3.05. The van der Waals surface area contributed by atoms with Crippen molar-refractivity contribution < 1.29 is 4.79 Å². The maximum atomic E-state index is 12.5. The van der Waals surface area contributed by atoms with Crippen LogP contribution in [-0.2, 0) is 10.2 Å². The number of fused-ring (bicyclic) bond motifs is 1. The van der Waals surface area contributed by atoms with E-state index < -0.39 is 5.41 Å². The van der Waals surface area contributed by atoms with Gasteiger partial charge in [-0.05, 0) is 43.2 Å². The van der Waals surface area contributed by atoms with Gasteiger partial charge in [-0.2, -0.15) is 0 Å². The third kappa shape index (κ3) is 1.53. The fraction of sp³-hybridized carbons (Fsp3) is 0.188. The number of rotatable bonds is 1. The molecule has 0 saturated heterocycles. The van der Waals surface area contributed by atoms with Gasteiger partial charge in [0.25, 0.3) is 0 Å². The smallest absolute Gasteiger partial charge is 0.239 e. The van der Waals surface area contributed by atoms with Gasteiger partial charge in [0, 0.05) is 17.6 Å². The predicted molar refractivity (Wildman–Crippen MR) is 76.8 cm³/mol. The first kappa shape index (κ1) is 12.4. The largest absolute Gasteiger partial charge is 0.325 e. The van der Waals surface area contributed by atoms with Crippen molar-refractivity contribution in [3.63, 3.8) is 0 Å². The number of carbonyl (C=O) groups is 1. The average molecular weight is 263 g/mol. The third-order valence-electron chi connectivity index (χ3n) is 3.92. The zero-order chi connectivity index (χ0) is 14.3. The van der Waals surface area contributed by atoms with Gasteiger partial charge in [0.15, 0.2) is 5.69 Å². The summed E-state index contributed by atoms with van der Waals surface area (Å²) in [5, 5.41) is 2.90. The van der Waals surface area contributed by atoms with Crippen LogP contribution in [0.5, 0.6) is 0 Å². The number of pyridine rings is 1. The summed E-state index contributed by atoms with van der Waals surface area (Å²) < 4.78 is 0. The molecule has 1 atom stereocenters. The highest BCUT2D eigenvalue weighted by Gasteiger charge is 2.45. The van der Waals surface area contributed by atoms with E-state index in [0.717, 1.165) is 22.5 Å². The van der Waals surface area contributed by atoms with Crippen LogP contribution in [0.2, 0.25) is 0 Å². The molecule has 0 spiro atoms. The van der Waals surface area contributed by atoms with E-state index in [0.29, 0.717) is 5.69 Å². The summed E-state index contributed by atoms with van der Waals surface area (Å²) in [7, 11) is 0. The Morgan fingerprint density at radius 2 is 2.10 bits per heavy atom. The summed E-state index contributed by atoms with van der Waals surface area (Å²) in [6, 6.07) is 9.04. The number of nitrogens with one attached hydrogen (secondary N) is 1. The quantitative estimate of drug-likeness (QED) is 0.803. The van der Waals surface area contributed by atoms with Crippen LogP contribution in [0.15, 0.2) is 36.5 Å². The zero-order valence-corrected chi connectivity index (χ0v) is 11.3. The van der Waals surface area contributed by atoms with Crippen LogP contribution in [0.3, 0.4) is 0 Å². The van der Waals surface area contributed by atoms with Gasteiger partial charge in [-0.25, -0.2) is 4.85 Å². The van der Waals surface area contributed by atoms with E-state index >= 15 is 0 Å². The van der Waals surface area contributed by atoms with Gasteiger partial charge in [0.05, 0.1) is 12.0 Å². The lowest BCUT2D eigenvalue weighted by Gasteiger charge is -2.24. The number of aryl methyl sites for hydroxylation is 1. The van der Waals surface area contributed by atoms with Crippen molar-refractivity contribution in [3.05, 3.63) is 64.8 Å². The molecule has 1 aromatic carbocycles. The van der Waals surface area contributed by atoms with Crippen LogP contribution in [0, 0.1) is 13.5 Å². The Kier molecular flexibility index (Phi) is 2.58. The molecule has 0 aliphatic carbocycles. The molecule has 1 amide bonds. The van der Waals surface area contributed by atoms with Crippen molar-refractivity contribution in [2.75, 3.05) is 5.32 Å². The second-order valence-electron chi connectivity index (χ2n) is 5.06. The molecule has 1 unspecified atom stereocenters. The number of hydrogen-bond donors (Lipinski definition) is 1. The first-order valence-corrected chi connectivity index (χ1v) is 6.33. The van der Waals surface area contributed by atoms with Crippen LogP contribution in [0.1, 0.15) is 23.7 Å². The summed E-state index contributed by atoms with van der Waals surface area (Å²) in [6.45, 7) is 10.9. The van der Waals surface area contributed by atoms with Crippen molar-refractivity contribution in [1.29, 1.82) is 0 Å². The Balaban J connectivity index is 2.28. The van der Waals surface area contributed by atoms with Crippen LogP contribution >= 0.6 is 0 Å². The predicted octanol–water partition coefficient (Wildman–Crippen LogP) is 3.20. The molecule has 1 N–H and O–H groups in total. The van der Waals surface area contributed by atoms with Crippen molar-refractivity contribution in [3.8, 4) is 0 Å². The van der Waals surface area contributed by atoms with Gasteiger partial charge in [0.2, 0.25) is 5.91 Å². The van der Waals surface area contributed by atoms with E-state index in [4.69, 9.17) is 6.57 Å². The van der Waals surface area contributed by atoms with E-state index in [1.165, 1.54) is 0 Å². The second-order valence-corrected chi connectivity index (χ2v) is 5.06. The van der Waals surface area contributed by atoms with Gasteiger partial charge < -0.3 is 5.32 Å². The summed E-state index contributed by atoms with van der Waals surface area (Å²) in [5.74, 6) is -0.0780. The van der Waals surface area contributed by atoms with E-state index in [1.807, 2.05) is 26.0 Å². The molecule has 1 aromatic heterocycles. The van der Waals surface area contributed by atoms with Crippen LogP contribution in [-0.4, -0.2) is 10.9 Å². The molecule has 0 saturated carbocycles. The number of aromatic nitrogens is 1. The minimum absolute atomic E-state index is 0.0780.